The average molecular weight is 1270 g/mol. The number of hydrogen-bond acceptors (Lipinski definition) is 5. The van der Waals surface area contributed by atoms with Crippen LogP contribution in [0.2, 0.25) is 0 Å². The Morgan fingerprint density at radius 2 is 0.485 bits per heavy atom. The molecule has 0 atom stereocenters. The molecule has 5 heterocycles. The van der Waals surface area contributed by atoms with Crippen molar-refractivity contribution in [1.82, 2.24) is 38.6 Å². The summed E-state index contributed by atoms with van der Waals surface area (Å²) in [4.78, 5) is 24.7. The predicted octanol–water partition coefficient (Wildman–Crippen LogP) is 23.0. The normalized spacial score (nSPS) is 11.4. The number of hydrogen-bond donors (Lipinski definition) is 0. The van der Waals surface area contributed by atoms with Gasteiger partial charge in [0, 0.05) is 72.1 Å². The lowest BCUT2D eigenvalue weighted by molar-refractivity contribution is 0.992. The molecule has 19 aromatic rings. The van der Waals surface area contributed by atoms with E-state index in [1.54, 1.807) is 0 Å². The Labute approximate surface area is 572 Å². The summed E-state index contributed by atoms with van der Waals surface area (Å²) in [7, 11) is 0. The molecular formula is C91H60N8. The van der Waals surface area contributed by atoms with Gasteiger partial charge in [0.25, 0.3) is 0 Å². The molecule has 0 unspecified atom stereocenters. The second-order valence-electron chi connectivity index (χ2n) is 24.8. The van der Waals surface area contributed by atoms with Crippen LogP contribution in [-0.4, -0.2) is 38.6 Å². The SMILES string of the molecule is c1ccc(-c2cc(-c3ccccc3)cc(-c3ccnc(-n4c5ccccc5c5cc(-c6ccc7c(c6)c6ccccc6n7-c6ccccc6)ccc54)n3)c2)cc1.c1ccc(-c2nc(-c3ccccc3)nc(-c3ccc(-c4ccc(-n5c6ccccc6c6ccccc65)cc4)cc3)n2)cc1. The zero-order valence-corrected chi connectivity index (χ0v) is 53.7. The topological polar surface area (TPSA) is 79.2 Å². The molecule has 464 valence electrons. The molecule has 8 heteroatoms. The van der Waals surface area contributed by atoms with Crippen molar-refractivity contribution in [2.24, 2.45) is 0 Å². The molecular weight excluding hydrogens is 1210 g/mol. The third-order valence-corrected chi connectivity index (χ3v) is 18.9. The Hall–Kier alpha value is -13.4. The molecule has 0 saturated heterocycles. The van der Waals surface area contributed by atoms with Crippen LogP contribution in [0, 0.1) is 0 Å². The van der Waals surface area contributed by atoms with E-state index in [1.807, 2.05) is 72.9 Å². The minimum absolute atomic E-state index is 0.642. The number of benzene rings is 14. The number of nitrogens with zero attached hydrogens (tertiary/aromatic N) is 8. The van der Waals surface area contributed by atoms with Crippen molar-refractivity contribution in [3.05, 3.63) is 364 Å². The van der Waals surface area contributed by atoms with Crippen LogP contribution in [-0.2, 0) is 0 Å². The van der Waals surface area contributed by atoms with Crippen molar-refractivity contribution < 1.29 is 0 Å². The highest BCUT2D eigenvalue weighted by atomic mass is 15.2. The van der Waals surface area contributed by atoms with Crippen molar-refractivity contribution in [3.8, 4) is 107 Å². The Morgan fingerprint density at radius 1 is 0.182 bits per heavy atom. The molecule has 99 heavy (non-hydrogen) atoms. The second kappa shape index (κ2) is 25.0. The summed E-state index contributed by atoms with van der Waals surface area (Å²) in [5.41, 5.74) is 23.3. The van der Waals surface area contributed by atoms with Gasteiger partial charge < -0.3 is 9.13 Å². The van der Waals surface area contributed by atoms with Crippen LogP contribution in [0.1, 0.15) is 0 Å². The number of rotatable bonds is 11. The standard InChI is InChI=1S/C52H34N4.C39H26N4/c1-4-14-35(15-5-1)39-30-40(36-16-6-2-7-17-36)32-41(31-39)47-28-29-53-52(54-47)56-49-23-13-11-21-44(49)46-34-38(25-27-51(46)56)37-24-26-50-45(33-37)43-20-10-12-22-48(43)55(50)42-18-8-3-9-19-42;1-3-11-29(12-4-1)37-40-38(30-13-5-2-6-14-30)42-39(41-37)31-21-19-27(20-22-31)28-23-25-32(26-24-28)43-35-17-9-7-15-33(35)34-16-8-10-18-36(34)43/h1-34H;1-26H. The summed E-state index contributed by atoms with van der Waals surface area (Å²) in [5, 5.41) is 7.34. The van der Waals surface area contributed by atoms with Gasteiger partial charge in [-0.25, -0.2) is 24.9 Å². The fraction of sp³-hybridized carbons (Fsp3) is 0. The monoisotopic (exact) mass is 1260 g/mol. The molecule has 0 radical (unpaired) electrons. The van der Waals surface area contributed by atoms with Crippen LogP contribution >= 0.6 is 0 Å². The van der Waals surface area contributed by atoms with Gasteiger partial charge in [0.05, 0.1) is 38.8 Å². The minimum atomic E-state index is 0.642. The zero-order valence-electron chi connectivity index (χ0n) is 53.7. The Bertz CT molecular complexity index is 6010. The quantitative estimate of drug-likeness (QED) is 0.129. The van der Waals surface area contributed by atoms with E-state index in [-0.39, 0.29) is 0 Å². The predicted molar refractivity (Wildman–Crippen MR) is 408 cm³/mol. The van der Waals surface area contributed by atoms with Gasteiger partial charge in [-0.15, -0.1) is 0 Å². The van der Waals surface area contributed by atoms with Crippen LogP contribution < -0.4 is 0 Å². The van der Waals surface area contributed by atoms with Crippen molar-refractivity contribution in [3.63, 3.8) is 0 Å². The smallest absolute Gasteiger partial charge is 0.235 e. The van der Waals surface area contributed by atoms with Crippen LogP contribution in [0.25, 0.3) is 173 Å². The zero-order chi connectivity index (χ0) is 65.6. The van der Waals surface area contributed by atoms with E-state index in [1.165, 1.54) is 65.9 Å². The van der Waals surface area contributed by atoms with Crippen LogP contribution in [0.3, 0.4) is 0 Å². The molecule has 0 aliphatic rings. The highest BCUT2D eigenvalue weighted by Crippen LogP contribution is 2.40. The molecule has 0 fully saturated rings. The van der Waals surface area contributed by atoms with Crippen molar-refractivity contribution in [1.29, 1.82) is 0 Å². The summed E-state index contributed by atoms with van der Waals surface area (Å²) in [5.74, 6) is 2.62. The van der Waals surface area contributed by atoms with Crippen LogP contribution in [0.4, 0.5) is 0 Å². The van der Waals surface area contributed by atoms with E-state index in [2.05, 4.69) is 305 Å². The number of fused-ring (bicyclic) bond motifs is 9. The van der Waals surface area contributed by atoms with E-state index in [0.717, 1.165) is 83.4 Å². The van der Waals surface area contributed by atoms with E-state index < -0.39 is 0 Å². The lowest BCUT2D eigenvalue weighted by Crippen LogP contribution is -2.01. The van der Waals surface area contributed by atoms with Gasteiger partial charge in [0.1, 0.15) is 0 Å². The molecule has 8 nitrogen and oxygen atoms in total. The Balaban J connectivity index is 0.000000148. The lowest BCUT2D eigenvalue weighted by atomic mass is 9.95. The van der Waals surface area contributed by atoms with Gasteiger partial charge in [-0.1, -0.05) is 261 Å². The molecule has 14 aromatic carbocycles. The van der Waals surface area contributed by atoms with Gasteiger partial charge in [-0.2, -0.15) is 0 Å². The van der Waals surface area contributed by atoms with Crippen LogP contribution in [0.5, 0.6) is 0 Å². The summed E-state index contributed by atoms with van der Waals surface area (Å²) in [6.45, 7) is 0. The number of para-hydroxylation sites is 5. The summed E-state index contributed by atoms with van der Waals surface area (Å²) < 4.78 is 6.90. The van der Waals surface area contributed by atoms with Gasteiger partial charge in [-0.05, 0) is 142 Å². The first kappa shape index (κ1) is 58.2. The highest BCUT2D eigenvalue weighted by Gasteiger charge is 2.20. The third-order valence-electron chi connectivity index (χ3n) is 18.9. The molecule has 0 aliphatic heterocycles. The molecule has 0 spiro atoms. The minimum Gasteiger partial charge on any atom is -0.309 e. The van der Waals surface area contributed by atoms with Crippen molar-refractivity contribution in [2.45, 2.75) is 0 Å². The molecule has 19 rings (SSSR count). The Morgan fingerprint density at radius 3 is 0.939 bits per heavy atom. The first-order valence-electron chi connectivity index (χ1n) is 33.4. The maximum atomic E-state index is 5.28. The van der Waals surface area contributed by atoms with Gasteiger partial charge >= 0.3 is 0 Å². The fourth-order valence-electron chi connectivity index (χ4n) is 14.1. The average Bonchev–Trinajstić information content (AvgIpc) is 1.62. The van der Waals surface area contributed by atoms with E-state index in [4.69, 9.17) is 24.9 Å². The van der Waals surface area contributed by atoms with Gasteiger partial charge in [0.15, 0.2) is 17.5 Å². The van der Waals surface area contributed by atoms with Gasteiger partial charge in [-0.3, -0.25) is 4.57 Å². The molecule has 0 amide bonds. The third kappa shape index (κ3) is 10.8. The highest BCUT2D eigenvalue weighted by molar-refractivity contribution is 6.13. The summed E-state index contributed by atoms with van der Waals surface area (Å²) >= 11 is 0. The van der Waals surface area contributed by atoms with Crippen molar-refractivity contribution in [2.75, 3.05) is 0 Å². The second-order valence-corrected chi connectivity index (χ2v) is 24.8. The number of aromatic nitrogens is 8. The maximum absolute atomic E-state index is 5.28. The van der Waals surface area contributed by atoms with E-state index in [9.17, 15) is 0 Å². The largest absolute Gasteiger partial charge is 0.309 e. The molecule has 0 saturated carbocycles. The summed E-state index contributed by atoms with van der Waals surface area (Å²) in [6.07, 6.45) is 1.88. The fourth-order valence-corrected chi connectivity index (χ4v) is 14.1. The van der Waals surface area contributed by atoms with E-state index in [0.29, 0.717) is 23.4 Å². The molecule has 0 bridgehead atoms. The van der Waals surface area contributed by atoms with E-state index >= 15 is 0 Å². The first-order chi connectivity index (χ1) is 49.1. The maximum Gasteiger partial charge on any atom is 0.235 e. The Kier molecular flexibility index (Phi) is 14.7. The first-order valence-corrected chi connectivity index (χ1v) is 33.4. The lowest BCUT2D eigenvalue weighted by Gasteiger charge is -2.12. The molecule has 5 aromatic heterocycles. The van der Waals surface area contributed by atoms with Crippen molar-refractivity contribution >= 4 is 65.4 Å². The molecule has 0 N–H and O–H groups in total. The molecule has 0 aliphatic carbocycles. The summed E-state index contributed by atoms with van der Waals surface area (Å²) in [6, 6.07) is 126. The van der Waals surface area contributed by atoms with Gasteiger partial charge in [0.2, 0.25) is 5.95 Å². The van der Waals surface area contributed by atoms with Crippen LogP contribution in [0.15, 0.2) is 364 Å².